The molecule has 1 heterocycles. The fourth-order valence-corrected chi connectivity index (χ4v) is 2.17. The number of hydrogen-bond donors (Lipinski definition) is 0. The first-order valence-electron chi connectivity index (χ1n) is 5.68. The van der Waals surface area contributed by atoms with E-state index in [4.69, 9.17) is 14.2 Å². The highest BCUT2D eigenvalue weighted by molar-refractivity contribution is 5.60. The summed E-state index contributed by atoms with van der Waals surface area (Å²) in [5.74, 6) is 2.85. The van der Waals surface area contributed by atoms with Crippen molar-refractivity contribution in [1.29, 1.82) is 0 Å². The van der Waals surface area contributed by atoms with E-state index < -0.39 is 0 Å². The molecule has 0 atom stereocenters. The van der Waals surface area contributed by atoms with Crippen LogP contribution >= 0.6 is 0 Å². The van der Waals surface area contributed by atoms with Crippen LogP contribution < -0.4 is 14.2 Å². The third-order valence-corrected chi connectivity index (χ3v) is 2.94. The van der Waals surface area contributed by atoms with Crippen molar-refractivity contribution in [2.75, 3.05) is 13.9 Å². The maximum absolute atomic E-state index is 5.46. The topological polar surface area (TPSA) is 27.7 Å². The second-order valence-corrected chi connectivity index (χ2v) is 4.22. The zero-order valence-electron chi connectivity index (χ0n) is 10.3. The van der Waals surface area contributed by atoms with Gasteiger partial charge in [-0.3, -0.25) is 0 Å². The van der Waals surface area contributed by atoms with Crippen molar-refractivity contribution in [2.45, 2.75) is 33.1 Å². The number of rotatable bonds is 3. The molecule has 0 radical (unpaired) electrons. The summed E-state index contributed by atoms with van der Waals surface area (Å²) in [5, 5.41) is 0. The Hall–Kier alpha value is -1.38. The maximum atomic E-state index is 5.46. The second kappa shape index (κ2) is 4.24. The molecular weight excluding hydrogens is 204 g/mol. The number of hydrogen-bond acceptors (Lipinski definition) is 3. The number of methoxy groups -OCH3 is 1. The Balaban J connectivity index is 2.63. The van der Waals surface area contributed by atoms with Gasteiger partial charge in [-0.15, -0.1) is 0 Å². The molecule has 0 bridgehead atoms. The minimum Gasteiger partial charge on any atom is -0.492 e. The van der Waals surface area contributed by atoms with Crippen LogP contribution in [0.15, 0.2) is 6.07 Å². The Labute approximate surface area is 96.3 Å². The van der Waals surface area contributed by atoms with Gasteiger partial charge >= 0.3 is 0 Å². The summed E-state index contributed by atoms with van der Waals surface area (Å²) in [6, 6.07) is 2.08. The van der Waals surface area contributed by atoms with Gasteiger partial charge in [-0.1, -0.05) is 20.8 Å². The average Bonchev–Trinajstić information content (AvgIpc) is 2.73. The van der Waals surface area contributed by atoms with E-state index in [1.54, 1.807) is 7.11 Å². The van der Waals surface area contributed by atoms with Crippen molar-refractivity contribution in [3.8, 4) is 17.2 Å². The predicted octanol–water partition coefficient (Wildman–Crippen LogP) is 3.11. The molecule has 0 saturated carbocycles. The van der Waals surface area contributed by atoms with E-state index in [0.29, 0.717) is 5.92 Å². The molecule has 88 valence electrons. The lowest BCUT2D eigenvalue weighted by atomic mass is 9.94. The summed E-state index contributed by atoms with van der Waals surface area (Å²) >= 11 is 0. The van der Waals surface area contributed by atoms with Gasteiger partial charge in [0.2, 0.25) is 12.5 Å². The van der Waals surface area contributed by atoms with Crippen LogP contribution in [0.25, 0.3) is 0 Å². The van der Waals surface area contributed by atoms with Gasteiger partial charge in [-0.2, -0.15) is 0 Å². The van der Waals surface area contributed by atoms with Crippen molar-refractivity contribution in [1.82, 2.24) is 0 Å². The van der Waals surface area contributed by atoms with E-state index in [0.717, 1.165) is 23.7 Å². The normalized spacial score (nSPS) is 13.3. The Morgan fingerprint density at radius 3 is 2.69 bits per heavy atom. The molecule has 0 unspecified atom stereocenters. The molecule has 0 aliphatic carbocycles. The van der Waals surface area contributed by atoms with Crippen molar-refractivity contribution in [2.24, 2.45) is 0 Å². The molecule has 1 aliphatic heterocycles. The van der Waals surface area contributed by atoms with E-state index in [2.05, 4.69) is 26.8 Å². The zero-order chi connectivity index (χ0) is 11.7. The van der Waals surface area contributed by atoms with Crippen molar-refractivity contribution < 1.29 is 14.2 Å². The minimum atomic E-state index is 0.288. The zero-order valence-corrected chi connectivity index (χ0v) is 10.3. The van der Waals surface area contributed by atoms with Crippen LogP contribution in [0.1, 0.15) is 37.8 Å². The van der Waals surface area contributed by atoms with Crippen molar-refractivity contribution in [3.63, 3.8) is 0 Å². The fourth-order valence-electron chi connectivity index (χ4n) is 2.17. The van der Waals surface area contributed by atoms with Gasteiger partial charge in [-0.25, -0.2) is 0 Å². The number of ether oxygens (including phenoxy) is 3. The minimum absolute atomic E-state index is 0.288. The highest BCUT2D eigenvalue weighted by Crippen LogP contribution is 2.46. The molecule has 2 rings (SSSR count). The molecule has 0 fully saturated rings. The highest BCUT2D eigenvalue weighted by Gasteiger charge is 2.25. The summed E-state index contributed by atoms with van der Waals surface area (Å²) < 4.78 is 16.3. The molecule has 0 aromatic heterocycles. The van der Waals surface area contributed by atoms with E-state index >= 15 is 0 Å². The van der Waals surface area contributed by atoms with Gasteiger partial charge in [0.05, 0.1) is 7.11 Å². The molecule has 0 amide bonds. The summed E-state index contributed by atoms with van der Waals surface area (Å²) in [5.41, 5.74) is 2.50. The van der Waals surface area contributed by atoms with Gasteiger partial charge < -0.3 is 14.2 Å². The fraction of sp³-hybridized carbons (Fsp3) is 0.538. The summed E-state index contributed by atoms with van der Waals surface area (Å²) in [6.07, 6.45) is 0.938. The van der Waals surface area contributed by atoms with Crippen LogP contribution in [0, 0.1) is 0 Å². The second-order valence-electron chi connectivity index (χ2n) is 4.22. The number of fused-ring (bicyclic) bond motifs is 1. The average molecular weight is 222 g/mol. The van der Waals surface area contributed by atoms with Crippen LogP contribution in [-0.2, 0) is 6.42 Å². The van der Waals surface area contributed by atoms with Gasteiger partial charge in [0, 0.05) is 5.56 Å². The molecule has 0 spiro atoms. The lowest BCUT2D eigenvalue weighted by Crippen LogP contribution is -2.00. The van der Waals surface area contributed by atoms with E-state index in [1.165, 1.54) is 11.1 Å². The van der Waals surface area contributed by atoms with E-state index in [1.807, 2.05) is 0 Å². The molecule has 0 saturated heterocycles. The standard InChI is InChI=1S/C13H18O3/c1-5-9-10(8(2)3)6-11-13(12(9)14-4)16-7-15-11/h6,8H,5,7H2,1-4H3. The molecular formula is C13H18O3. The molecule has 0 N–H and O–H groups in total. The first-order valence-corrected chi connectivity index (χ1v) is 5.68. The predicted molar refractivity (Wildman–Crippen MR) is 62.6 cm³/mol. The first kappa shape index (κ1) is 11.1. The van der Waals surface area contributed by atoms with Crippen LogP contribution in [0.4, 0.5) is 0 Å². The van der Waals surface area contributed by atoms with Gasteiger partial charge in [-0.05, 0) is 24.0 Å². The molecule has 1 aromatic rings. The lowest BCUT2D eigenvalue weighted by molar-refractivity contribution is 0.171. The van der Waals surface area contributed by atoms with Crippen LogP contribution in [0.5, 0.6) is 17.2 Å². The smallest absolute Gasteiger partial charge is 0.231 e. The Kier molecular flexibility index (Phi) is 2.95. The monoisotopic (exact) mass is 222 g/mol. The summed E-state index contributed by atoms with van der Waals surface area (Å²) in [7, 11) is 1.68. The molecule has 1 aromatic carbocycles. The van der Waals surface area contributed by atoms with Crippen molar-refractivity contribution >= 4 is 0 Å². The van der Waals surface area contributed by atoms with Crippen LogP contribution in [-0.4, -0.2) is 13.9 Å². The molecule has 3 nitrogen and oxygen atoms in total. The van der Waals surface area contributed by atoms with E-state index in [9.17, 15) is 0 Å². The first-order chi connectivity index (χ1) is 7.69. The van der Waals surface area contributed by atoms with Gasteiger partial charge in [0.1, 0.15) is 0 Å². The maximum Gasteiger partial charge on any atom is 0.231 e. The number of benzene rings is 1. The van der Waals surface area contributed by atoms with Crippen LogP contribution in [0.3, 0.4) is 0 Å². The largest absolute Gasteiger partial charge is 0.492 e. The quantitative estimate of drug-likeness (QED) is 0.786. The van der Waals surface area contributed by atoms with Crippen LogP contribution in [0.2, 0.25) is 0 Å². The SMILES string of the molecule is CCc1c(C(C)C)cc2c(c1OC)OCO2. The Morgan fingerprint density at radius 1 is 1.38 bits per heavy atom. The van der Waals surface area contributed by atoms with Gasteiger partial charge in [0.25, 0.3) is 0 Å². The third kappa shape index (κ3) is 1.60. The third-order valence-electron chi connectivity index (χ3n) is 2.94. The lowest BCUT2D eigenvalue weighted by Gasteiger charge is -2.17. The summed E-state index contributed by atoms with van der Waals surface area (Å²) in [4.78, 5) is 0. The van der Waals surface area contributed by atoms with E-state index in [-0.39, 0.29) is 6.79 Å². The molecule has 1 aliphatic rings. The Morgan fingerprint density at radius 2 is 2.12 bits per heavy atom. The summed E-state index contributed by atoms with van der Waals surface area (Å²) in [6.45, 7) is 6.77. The highest BCUT2D eigenvalue weighted by atomic mass is 16.7. The molecule has 3 heteroatoms. The molecule has 16 heavy (non-hydrogen) atoms. The van der Waals surface area contributed by atoms with Gasteiger partial charge in [0.15, 0.2) is 11.5 Å². The van der Waals surface area contributed by atoms with Crippen molar-refractivity contribution in [3.05, 3.63) is 17.2 Å². The Bertz CT molecular complexity index is 397.